The average Bonchev–Trinajstić information content (AvgIpc) is 2.95. The Hall–Kier alpha value is -2.37. The summed E-state index contributed by atoms with van der Waals surface area (Å²) in [5.41, 5.74) is 0.640. The Balaban J connectivity index is 1.64. The van der Waals surface area contributed by atoms with E-state index in [1.807, 2.05) is 59.5 Å². The highest BCUT2D eigenvalue weighted by Gasteiger charge is 2.22. The minimum atomic E-state index is -0.323. The lowest BCUT2D eigenvalue weighted by Crippen LogP contribution is -2.32. The lowest BCUT2D eigenvalue weighted by molar-refractivity contribution is -0.117. The van der Waals surface area contributed by atoms with Crippen molar-refractivity contribution in [1.29, 1.82) is 0 Å². The molecule has 0 spiro atoms. The van der Waals surface area contributed by atoms with Gasteiger partial charge in [0.25, 0.3) is 0 Å². The van der Waals surface area contributed by atoms with Crippen molar-refractivity contribution in [2.24, 2.45) is 0 Å². The van der Waals surface area contributed by atoms with E-state index in [2.05, 4.69) is 5.32 Å². The molecule has 23 heavy (non-hydrogen) atoms. The van der Waals surface area contributed by atoms with Crippen LogP contribution in [0.1, 0.15) is 6.42 Å². The molecule has 5 heteroatoms. The van der Waals surface area contributed by atoms with Gasteiger partial charge in [-0.25, -0.2) is 0 Å². The molecule has 3 rings (SSSR count). The Labute approximate surface area is 135 Å². The summed E-state index contributed by atoms with van der Waals surface area (Å²) < 4.78 is 5.83. The van der Waals surface area contributed by atoms with Crippen molar-refractivity contribution < 1.29 is 14.6 Å². The SMILES string of the molecule is O=C(CN1CC[C@H](O)C1)Nc1ccccc1Oc1ccccc1. The second kappa shape index (κ2) is 7.26. The number of β-amino-alcohol motifs (C(OH)–C–C–N with tert-alkyl or cyclic N) is 1. The van der Waals surface area contributed by atoms with Crippen LogP contribution in [-0.4, -0.2) is 41.7 Å². The fourth-order valence-corrected chi connectivity index (χ4v) is 2.62. The van der Waals surface area contributed by atoms with E-state index >= 15 is 0 Å². The summed E-state index contributed by atoms with van der Waals surface area (Å²) in [6, 6.07) is 16.8. The van der Waals surface area contributed by atoms with Crippen LogP contribution >= 0.6 is 0 Å². The Morgan fingerprint density at radius 1 is 1.17 bits per heavy atom. The van der Waals surface area contributed by atoms with Gasteiger partial charge in [-0.1, -0.05) is 30.3 Å². The van der Waals surface area contributed by atoms with E-state index in [0.717, 1.165) is 18.7 Å². The van der Waals surface area contributed by atoms with Crippen LogP contribution in [0.5, 0.6) is 11.5 Å². The topological polar surface area (TPSA) is 61.8 Å². The van der Waals surface area contributed by atoms with Crippen LogP contribution in [0.2, 0.25) is 0 Å². The zero-order valence-corrected chi connectivity index (χ0v) is 12.8. The van der Waals surface area contributed by atoms with Gasteiger partial charge in [-0.2, -0.15) is 0 Å². The number of anilines is 1. The molecule has 0 saturated carbocycles. The van der Waals surface area contributed by atoms with Crippen LogP contribution in [0.25, 0.3) is 0 Å². The van der Waals surface area contributed by atoms with Gasteiger partial charge in [0.1, 0.15) is 5.75 Å². The fraction of sp³-hybridized carbons (Fsp3) is 0.278. The van der Waals surface area contributed by atoms with E-state index < -0.39 is 0 Å². The average molecular weight is 312 g/mol. The molecule has 0 unspecified atom stereocenters. The lowest BCUT2D eigenvalue weighted by atomic mass is 10.2. The van der Waals surface area contributed by atoms with Gasteiger partial charge < -0.3 is 15.2 Å². The second-order valence-corrected chi connectivity index (χ2v) is 5.64. The Morgan fingerprint density at radius 3 is 2.65 bits per heavy atom. The van der Waals surface area contributed by atoms with Gasteiger partial charge in [-0.05, 0) is 30.7 Å². The second-order valence-electron chi connectivity index (χ2n) is 5.64. The van der Waals surface area contributed by atoms with Gasteiger partial charge in [-0.15, -0.1) is 0 Å². The number of ether oxygens (including phenoxy) is 1. The Kier molecular flexibility index (Phi) is 4.90. The monoisotopic (exact) mass is 312 g/mol. The first-order valence-electron chi connectivity index (χ1n) is 7.73. The first kappa shape index (κ1) is 15.5. The van der Waals surface area contributed by atoms with Gasteiger partial charge in [0.05, 0.1) is 18.3 Å². The summed E-state index contributed by atoms with van der Waals surface area (Å²) in [5.74, 6) is 1.22. The van der Waals surface area contributed by atoms with Crippen LogP contribution in [0.3, 0.4) is 0 Å². The fourth-order valence-electron chi connectivity index (χ4n) is 2.62. The zero-order valence-electron chi connectivity index (χ0n) is 12.8. The summed E-state index contributed by atoms with van der Waals surface area (Å²) in [5, 5.41) is 12.4. The molecule has 0 aliphatic carbocycles. The molecular weight excluding hydrogens is 292 g/mol. The van der Waals surface area contributed by atoms with Crippen LogP contribution < -0.4 is 10.1 Å². The van der Waals surface area contributed by atoms with Gasteiger partial charge in [0.2, 0.25) is 5.91 Å². The molecule has 0 aromatic heterocycles. The van der Waals surface area contributed by atoms with Crippen LogP contribution in [0.4, 0.5) is 5.69 Å². The zero-order chi connectivity index (χ0) is 16.1. The highest BCUT2D eigenvalue weighted by molar-refractivity contribution is 5.93. The van der Waals surface area contributed by atoms with E-state index in [-0.39, 0.29) is 18.6 Å². The number of para-hydroxylation sites is 3. The normalized spacial score (nSPS) is 17.9. The molecule has 1 heterocycles. The van der Waals surface area contributed by atoms with E-state index in [4.69, 9.17) is 4.74 Å². The summed E-state index contributed by atoms with van der Waals surface area (Å²) in [6.45, 7) is 1.57. The molecule has 2 aromatic carbocycles. The maximum absolute atomic E-state index is 12.2. The first-order valence-corrected chi connectivity index (χ1v) is 7.73. The molecule has 1 saturated heterocycles. The number of hydrogen-bond acceptors (Lipinski definition) is 4. The third kappa shape index (κ3) is 4.31. The Bertz CT molecular complexity index is 660. The summed E-state index contributed by atoms with van der Waals surface area (Å²) >= 11 is 0. The van der Waals surface area contributed by atoms with Crippen LogP contribution in [0.15, 0.2) is 54.6 Å². The number of aliphatic hydroxyl groups excluding tert-OH is 1. The van der Waals surface area contributed by atoms with Crippen molar-refractivity contribution >= 4 is 11.6 Å². The highest BCUT2D eigenvalue weighted by Crippen LogP contribution is 2.29. The van der Waals surface area contributed by atoms with E-state index in [1.54, 1.807) is 0 Å². The minimum absolute atomic E-state index is 0.108. The number of carbonyl (C=O) groups excluding carboxylic acids is 1. The summed E-state index contributed by atoms with van der Waals surface area (Å²) in [4.78, 5) is 14.1. The van der Waals surface area contributed by atoms with Crippen molar-refractivity contribution in [3.05, 3.63) is 54.6 Å². The number of amides is 1. The molecule has 1 amide bonds. The standard InChI is InChI=1S/C18H20N2O3/c21-14-10-11-20(12-14)13-18(22)19-16-8-4-5-9-17(16)23-15-6-2-1-3-7-15/h1-9,14,21H,10-13H2,(H,19,22)/t14-/m0/s1. The van der Waals surface area contributed by atoms with E-state index in [1.165, 1.54) is 0 Å². The predicted molar refractivity (Wildman–Crippen MR) is 88.7 cm³/mol. The first-order chi connectivity index (χ1) is 11.2. The van der Waals surface area contributed by atoms with Crippen molar-refractivity contribution in [2.75, 3.05) is 25.0 Å². The highest BCUT2D eigenvalue weighted by atomic mass is 16.5. The molecule has 1 fully saturated rings. The Morgan fingerprint density at radius 2 is 1.91 bits per heavy atom. The van der Waals surface area contributed by atoms with Crippen LogP contribution in [0, 0.1) is 0 Å². The summed E-state index contributed by atoms with van der Waals surface area (Å²) in [7, 11) is 0. The summed E-state index contributed by atoms with van der Waals surface area (Å²) in [6.07, 6.45) is 0.401. The molecular formula is C18H20N2O3. The molecule has 2 N–H and O–H groups in total. The predicted octanol–water partition coefficient (Wildman–Crippen LogP) is 2.48. The molecule has 0 bridgehead atoms. The largest absolute Gasteiger partial charge is 0.455 e. The van der Waals surface area contributed by atoms with E-state index in [0.29, 0.717) is 18.0 Å². The van der Waals surface area contributed by atoms with Gasteiger partial charge >= 0.3 is 0 Å². The number of nitrogens with one attached hydrogen (secondary N) is 1. The quantitative estimate of drug-likeness (QED) is 0.890. The number of hydrogen-bond donors (Lipinski definition) is 2. The van der Waals surface area contributed by atoms with E-state index in [9.17, 15) is 9.90 Å². The van der Waals surface area contributed by atoms with Crippen molar-refractivity contribution in [3.63, 3.8) is 0 Å². The number of nitrogens with zero attached hydrogens (tertiary/aromatic N) is 1. The molecule has 120 valence electrons. The third-order valence-electron chi connectivity index (χ3n) is 3.75. The maximum Gasteiger partial charge on any atom is 0.238 e. The third-order valence-corrected chi connectivity index (χ3v) is 3.75. The van der Waals surface area contributed by atoms with Gasteiger partial charge in [-0.3, -0.25) is 9.69 Å². The smallest absolute Gasteiger partial charge is 0.238 e. The number of carbonyl (C=O) groups is 1. The molecule has 1 aliphatic rings. The molecule has 5 nitrogen and oxygen atoms in total. The number of benzene rings is 2. The van der Waals surface area contributed by atoms with Crippen LogP contribution in [-0.2, 0) is 4.79 Å². The number of aliphatic hydroxyl groups is 1. The minimum Gasteiger partial charge on any atom is -0.455 e. The van der Waals surface area contributed by atoms with Crippen molar-refractivity contribution in [3.8, 4) is 11.5 Å². The van der Waals surface area contributed by atoms with Crippen molar-refractivity contribution in [1.82, 2.24) is 4.90 Å². The molecule has 2 aromatic rings. The number of likely N-dealkylation sites (tertiary alicyclic amines) is 1. The molecule has 1 aliphatic heterocycles. The maximum atomic E-state index is 12.2. The van der Waals surface area contributed by atoms with Crippen molar-refractivity contribution in [2.45, 2.75) is 12.5 Å². The lowest BCUT2D eigenvalue weighted by Gasteiger charge is -2.16. The molecule has 0 radical (unpaired) electrons. The molecule has 1 atom stereocenters. The van der Waals surface area contributed by atoms with Gasteiger partial charge in [0.15, 0.2) is 5.75 Å². The number of rotatable bonds is 5. The van der Waals surface area contributed by atoms with Gasteiger partial charge in [0, 0.05) is 13.1 Å².